The van der Waals surface area contributed by atoms with Gasteiger partial charge in [-0.2, -0.15) is 0 Å². The zero-order valence-corrected chi connectivity index (χ0v) is 15.7. The van der Waals surface area contributed by atoms with E-state index in [4.69, 9.17) is 10.5 Å². The molecule has 0 fully saturated rings. The first-order valence-electron chi connectivity index (χ1n) is 8.97. The molecule has 6 heteroatoms. The average molecular weight is 378 g/mol. The van der Waals surface area contributed by atoms with Crippen LogP contribution in [0.25, 0.3) is 11.1 Å². The van der Waals surface area contributed by atoms with E-state index in [0.717, 1.165) is 11.1 Å². The summed E-state index contributed by atoms with van der Waals surface area (Å²) in [5.74, 6) is -2.58. The first-order chi connectivity index (χ1) is 13.5. The molecule has 0 aromatic heterocycles. The van der Waals surface area contributed by atoms with Crippen LogP contribution < -0.4 is 11.1 Å². The number of rotatable bonds is 5. The second-order valence-corrected chi connectivity index (χ2v) is 6.40. The van der Waals surface area contributed by atoms with Gasteiger partial charge >= 0.3 is 11.9 Å². The van der Waals surface area contributed by atoms with Crippen molar-refractivity contribution >= 4 is 11.9 Å². The first kappa shape index (κ1) is 19.2. The molecule has 1 aliphatic rings. The third kappa shape index (κ3) is 3.49. The number of hydrogen-bond acceptors (Lipinski definition) is 5. The fourth-order valence-corrected chi connectivity index (χ4v) is 3.51. The van der Waals surface area contributed by atoms with Crippen molar-refractivity contribution in [2.45, 2.75) is 19.8 Å². The second-order valence-electron chi connectivity index (χ2n) is 6.40. The topological polar surface area (TPSA) is 102 Å². The lowest BCUT2D eigenvalue weighted by atomic mass is 9.78. The Balaban J connectivity index is 2.27. The van der Waals surface area contributed by atoms with Crippen LogP contribution in [0, 0.1) is 0 Å². The Labute approximate surface area is 163 Å². The van der Waals surface area contributed by atoms with Gasteiger partial charge in [0.15, 0.2) is 0 Å². The third-order valence-electron chi connectivity index (χ3n) is 4.68. The number of dihydropyridines is 1. The predicted octanol–water partition coefficient (Wildman–Crippen LogP) is 3.13. The molecule has 1 unspecified atom stereocenters. The molecule has 2 aromatic rings. The molecule has 144 valence electrons. The van der Waals surface area contributed by atoms with Gasteiger partial charge in [-0.1, -0.05) is 54.6 Å². The molecule has 0 aliphatic carbocycles. The number of nitrogens with two attached hydrogens (primary N) is 1. The van der Waals surface area contributed by atoms with Crippen molar-refractivity contribution in [3.63, 3.8) is 0 Å². The molecule has 2 aromatic carbocycles. The largest absolute Gasteiger partial charge is 0.478 e. The van der Waals surface area contributed by atoms with Crippen LogP contribution in [0.5, 0.6) is 0 Å². The van der Waals surface area contributed by atoms with Crippen LogP contribution in [0.4, 0.5) is 0 Å². The molecule has 0 bridgehead atoms. The first-order valence-corrected chi connectivity index (χ1v) is 8.97. The number of benzene rings is 2. The maximum absolute atomic E-state index is 12.7. The summed E-state index contributed by atoms with van der Waals surface area (Å²) in [4.78, 5) is 24.8. The van der Waals surface area contributed by atoms with Gasteiger partial charge in [0.05, 0.1) is 23.7 Å². The van der Waals surface area contributed by atoms with E-state index in [2.05, 4.69) is 5.32 Å². The SMILES string of the molecule is CCOC(=O)C1=C(C)NC(N)=C(C(=O)O)C1c1ccccc1-c1ccccc1. The van der Waals surface area contributed by atoms with E-state index >= 15 is 0 Å². The van der Waals surface area contributed by atoms with Gasteiger partial charge in [0.1, 0.15) is 5.82 Å². The standard InChI is InChI=1S/C22H22N2O4/c1-3-28-22(27)17-13(2)24-20(23)19(21(25)26)18(17)16-12-8-7-11-15(16)14-9-5-4-6-10-14/h4-12,18,24H,3,23H2,1-2H3,(H,25,26). The van der Waals surface area contributed by atoms with E-state index in [1.807, 2.05) is 54.6 Å². The summed E-state index contributed by atoms with van der Waals surface area (Å²) >= 11 is 0. The van der Waals surface area contributed by atoms with Crippen molar-refractivity contribution in [3.05, 3.63) is 82.8 Å². The van der Waals surface area contributed by atoms with Crippen LogP contribution in [-0.4, -0.2) is 23.7 Å². The molecule has 1 aliphatic heterocycles. The number of hydrogen-bond donors (Lipinski definition) is 3. The van der Waals surface area contributed by atoms with Crippen LogP contribution in [0.15, 0.2) is 77.3 Å². The van der Waals surface area contributed by atoms with E-state index in [0.29, 0.717) is 11.3 Å². The Morgan fingerprint density at radius 3 is 2.36 bits per heavy atom. The van der Waals surface area contributed by atoms with E-state index in [9.17, 15) is 14.7 Å². The van der Waals surface area contributed by atoms with Crippen LogP contribution in [0.1, 0.15) is 25.3 Å². The monoisotopic (exact) mass is 378 g/mol. The smallest absolute Gasteiger partial charge is 0.336 e. The van der Waals surface area contributed by atoms with Gasteiger partial charge in [-0.3, -0.25) is 0 Å². The molecule has 6 nitrogen and oxygen atoms in total. The number of carboxylic acids is 1. The molecular weight excluding hydrogens is 356 g/mol. The minimum atomic E-state index is -1.19. The van der Waals surface area contributed by atoms with E-state index in [-0.39, 0.29) is 23.6 Å². The Kier molecular flexibility index (Phi) is 5.49. The number of carbonyl (C=O) groups excluding carboxylic acids is 1. The van der Waals surface area contributed by atoms with Gasteiger partial charge < -0.3 is 20.9 Å². The van der Waals surface area contributed by atoms with Crippen LogP contribution in [-0.2, 0) is 14.3 Å². The quantitative estimate of drug-likeness (QED) is 0.691. The van der Waals surface area contributed by atoms with Crippen molar-refractivity contribution < 1.29 is 19.4 Å². The van der Waals surface area contributed by atoms with Crippen molar-refractivity contribution in [2.75, 3.05) is 6.61 Å². The molecule has 1 atom stereocenters. The fraction of sp³-hybridized carbons (Fsp3) is 0.182. The number of allylic oxidation sites excluding steroid dienone is 1. The number of nitrogens with one attached hydrogen (secondary N) is 1. The van der Waals surface area contributed by atoms with Gasteiger partial charge in [-0.25, -0.2) is 9.59 Å². The fourth-order valence-electron chi connectivity index (χ4n) is 3.51. The number of carbonyl (C=O) groups is 2. The molecule has 28 heavy (non-hydrogen) atoms. The maximum Gasteiger partial charge on any atom is 0.336 e. The molecule has 0 spiro atoms. The van der Waals surface area contributed by atoms with Gasteiger partial charge in [0.2, 0.25) is 0 Å². The Hall–Kier alpha value is -3.54. The minimum Gasteiger partial charge on any atom is -0.478 e. The molecule has 0 amide bonds. The van der Waals surface area contributed by atoms with Gasteiger partial charge in [-0.15, -0.1) is 0 Å². The third-order valence-corrected chi connectivity index (χ3v) is 4.68. The summed E-state index contributed by atoms with van der Waals surface area (Å²) in [5, 5.41) is 12.7. The van der Waals surface area contributed by atoms with Gasteiger partial charge in [0.25, 0.3) is 0 Å². The lowest BCUT2D eigenvalue weighted by molar-refractivity contribution is -0.138. The summed E-state index contributed by atoms with van der Waals surface area (Å²) in [6.07, 6.45) is 0. The Morgan fingerprint density at radius 2 is 1.71 bits per heavy atom. The highest BCUT2D eigenvalue weighted by Gasteiger charge is 2.38. The molecule has 3 rings (SSSR count). The van der Waals surface area contributed by atoms with Crippen LogP contribution >= 0.6 is 0 Å². The van der Waals surface area contributed by atoms with Gasteiger partial charge in [0, 0.05) is 5.70 Å². The van der Waals surface area contributed by atoms with Crippen molar-refractivity contribution in [1.82, 2.24) is 5.32 Å². The molecular formula is C22H22N2O4. The Morgan fingerprint density at radius 1 is 1.07 bits per heavy atom. The van der Waals surface area contributed by atoms with Crippen LogP contribution in [0.3, 0.4) is 0 Å². The maximum atomic E-state index is 12.7. The molecule has 4 N–H and O–H groups in total. The zero-order chi connectivity index (χ0) is 20.3. The summed E-state index contributed by atoms with van der Waals surface area (Å²) in [6.45, 7) is 3.58. The van der Waals surface area contributed by atoms with E-state index in [1.165, 1.54) is 0 Å². The molecule has 1 heterocycles. The van der Waals surface area contributed by atoms with Crippen LogP contribution in [0.2, 0.25) is 0 Å². The van der Waals surface area contributed by atoms with Crippen molar-refractivity contribution in [1.29, 1.82) is 0 Å². The normalized spacial score (nSPS) is 16.6. The molecule has 0 radical (unpaired) electrons. The second kappa shape index (κ2) is 8.00. The number of carboxylic acid groups (broad SMARTS) is 1. The molecule has 0 saturated heterocycles. The number of aliphatic carboxylic acids is 1. The van der Waals surface area contributed by atoms with Crippen molar-refractivity contribution in [2.24, 2.45) is 5.73 Å². The predicted molar refractivity (Wildman–Crippen MR) is 106 cm³/mol. The van der Waals surface area contributed by atoms with E-state index in [1.54, 1.807) is 13.8 Å². The average Bonchev–Trinajstić information content (AvgIpc) is 2.67. The number of esters is 1. The van der Waals surface area contributed by atoms with E-state index < -0.39 is 17.9 Å². The van der Waals surface area contributed by atoms with Gasteiger partial charge in [-0.05, 0) is 30.5 Å². The zero-order valence-electron chi connectivity index (χ0n) is 15.7. The highest BCUT2D eigenvalue weighted by atomic mass is 16.5. The number of ether oxygens (including phenoxy) is 1. The summed E-state index contributed by atoms with van der Waals surface area (Å²) in [6, 6.07) is 17.0. The summed E-state index contributed by atoms with van der Waals surface area (Å²) in [5.41, 5.74) is 9.11. The lowest BCUT2D eigenvalue weighted by Gasteiger charge is -2.30. The highest BCUT2D eigenvalue weighted by molar-refractivity contribution is 6.00. The van der Waals surface area contributed by atoms with Crippen molar-refractivity contribution in [3.8, 4) is 11.1 Å². The summed E-state index contributed by atoms with van der Waals surface area (Å²) in [7, 11) is 0. The lowest BCUT2D eigenvalue weighted by Crippen LogP contribution is -2.35. The Bertz CT molecular complexity index is 977. The highest BCUT2D eigenvalue weighted by Crippen LogP contribution is 2.41. The molecule has 0 saturated carbocycles. The minimum absolute atomic E-state index is 0.0194. The summed E-state index contributed by atoms with van der Waals surface area (Å²) < 4.78 is 5.22.